The van der Waals surface area contributed by atoms with Crippen molar-refractivity contribution in [2.75, 3.05) is 0 Å². The van der Waals surface area contributed by atoms with Gasteiger partial charge in [-0.2, -0.15) is 0 Å². The quantitative estimate of drug-likeness (QED) is 0.870. The molecule has 0 fully saturated rings. The first kappa shape index (κ1) is 14.2. The molecule has 0 amide bonds. The van der Waals surface area contributed by atoms with E-state index in [0.29, 0.717) is 10.0 Å². The summed E-state index contributed by atoms with van der Waals surface area (Å²) in [6, 6.07) is 6.92. The molecule has 0 bridgehead atoms. The van der Waals surface area contributed by atoms with Crippen LogP contribution in [0.1, 0.15) is 28.3 Å². The monoisotopic (exact) mass is 325 g/mol. The molecule has 2 aromatic rings. The summed E-state index contributed by atoms with van der Waals surface area (Å²) < 4.78 is 28.6. The Kier molecular flexibility index (Phi) is 4.02. The molecule has 0 aromatic heterocycles. The van der Waals surface area contributed by atoms with Crippen LogP contribution in [0.5, 0.6) is 0 Å². The van der Waals surface area contributed by atoms with Gasteiger partial charge in [0.2, 0.25) is 0 Å². The summed E-state index contributed by atoms with van der Waals surface area (Å²) >= 11 is 3.27. The van der Waals surface area contributed by atoms with E-state index in [0.717, 1.165) is 11.1 Å². The molecule has 0 aliphatic rings. The van der Waals surface area contributed by atoms with E-state index in [1.807, 2.05) is 13.0 Å². The van der Waals surface area contributed by atoms with Crippen LogP contribution in [-0.2, 0) is 0 Å². The topological polar surface area (TPSA) is 26.0 Å². The van der Waals surface area contributed by atoms with Crippen molar-refractivity contribution in [2.45, 2.75) is 19.9 Å². The number of nitrogens with two attached hydrogens (primary N) is 1. The van der Waals surface area contributed by atoms with Crippen LogP contribution in [0.2, 0.25) is 0 Å². The lowest BCUT2D eigenvalue weighted by atomic mass is 9.93. The number of hydrogen-bond acceptors (Lipinski definition) is 1. The van der Waals surface area contributed by atoms with Gasteiger partial charge in [-0.15, -0.1) is 0 Å². The zero-order valence-corrected chi connectivity index (χ0v) is 12.3. The third kappa shape index (κ3) is 2.85. The predicted molar refractivity (Wildman–Crippen MR) is 76.0 cm³/mol. The Morgan fingerprint density at radius 3 is 2.37 bits per heavy atom. The van der Waals surface area contributed by atoms with Crippen LogP contribution in [0.25, 0.3) is 0 Å². The number of benzene rings is 2. The summed E-state index contributed by atoms with van der Waals surface area (Å²) in [6.45, 7) is 3.59. The highest BCUT2D eigenvalue weighted by Crippen LogP contribution is 2.29. The highest BCUT2D eigenvalue weighted by Gasteiger charge is 2.19. The van der Waals surface area contributed by atoms with Crippen LogP contribution < -0.4 is 5.73 Å². The van der Waals surface area contributed by atoms with Crippen molar-refractivity contribution in [3.05, 3.63) is 68.7 Å². The smallest absolute Gasteiger partial charge is 0.128 e. The maximum atomic E-state index is 14.1. The highest BCUT2D eigenvalue weighted by molar-refractivity contribution is 9.10. The van der Waals surface area contributed by atoms with Crippen LogP contribution in [0.15, 0.2) is 34.8 Å². The molecule has 2 rings (SSSR count). The molecule has 0 aliphatic carbocycles. The van der Waals surface area contributed by atoms with Crippen LogP contribution >= 0.6 is 15.9 Å². The fourth-order valence-electron chi connectivity index (χ4n) is 2.23. The molecule has 100 valence electrons. The number of hydrogen-bond donors (Lipinski definition) is 1. The van der Waals surface area contributed by atoms with E-state index in [9.17, 15) is 8.78 Å². The normalized spacial score (nSPS) is 12.5. The Morgan fingerprint density at radius 2 is 1.74 bits per heavy atom. The predicted octanol–water partition coefficient (Wildman–Crippen LogP) is 4.39. The Labute approximate surface area is 119 Å². The Hall–Kier alpha value is -1.26. The third-order valence-corrected chi connectivity index (χ3v) is 3.58. The summed E-state index contributed by atoms with van der Waals surface area (Å²) in [6.07, 6.45) is 0. The second kappa shape index (κ2) is 5.39. The summed E-state index contributed by atoms with van der Waals surface area (Å²) in [5.41, 5.74) is 8.20. The van der Waals surface area contributed by atoms with Crippen molar-refractivity contribution in [3.8, 4) is 0 Å². The molecule has 1 unspecified atom stereocenters. The minimum absolute atomic E-state index is 0.278. The van der Waals surface area contributed by atoms with E-state index >= 15 is 0 Å². The zero-order chi connectivity index (χ0) is 14.2. The molecular formula is C15H14BrF2N. The molecule has 0 heterocycles. The van der Waals surface area contributed by atoms with E-state index in [2.05, 4.69) is 15.9 Å². The summed E-state index contributed by atoms with van der Waals surface area (Å²) in [4.78, 5) is 0. The van der Waals surface area contributed by atoms with Crippen LogP contribution in [0.4, 0.5) is 8.78 Å². The molecule has 0 saturated carbocycles. The Morgan fingerprint density at radius 1 is 1.05 bits per heavy atom. The molecule has 0 saturated heterocycles. The van der Waals surface area contributed by atoms with Gasteiger partial charge in [-0.1, -0.05) is 22.0 Å². The minimum Gasteiger partial charge on any atom is -0.320 e. The fraction of sp³-hybridized carbons (Fsp3) is 0.200. The van der Waals surface area contributed by atoms with Crippen molar-refractivity contribution in [2.24, 2.45) is 5.73 Å². The van der Waals surface area contributed by atoms with Gasteiger partial charge < -0.3 is 5.73 Å². The van der Waals surface area contributed by atoms with E-state index in [4.69, 9.17) is 5.73 Å². The van der Waals surface area contributed by atoms with Crippen LogP contribution in [0.3, 0.4) is 0 Å². The molecule has 1 nitrogen and oxygen atoms in total. The van der Waals surface area contributed by atoms with Gasteiger partial charge in [0, 0.05) is 15.6 Å². The molecule has 2 N–H and O–H groups in total. The maximum Gasteiger partial charge on any atom is 0.128 e. The lowest BCUT2D eigenvalue weighted by molar-refractivity contribution is 0.573. The fourth-order valence-corrected chi connectivity index (χ4v) is 2.61. The second-order valence-corrected chi connectivity index (χ2v) is 5.54. The minimum atomic E-state index is -0.821. The van der Waals surface area contributed by atoms with Crippen molar-refractivity contribution < 1.29 is 8.78 Å². The highest BCUT2D eigenvalue weighted by atomic mass is 79.9. The summed E-state index contributed by atoms with van der Waals surface area (Å²) in [7, 11) is 0. The lowest BCUT2D eigenvalue weighted by Crippen LogP contribution is -2.17. The molecule has 0 aliphatic heterocycles. The van der Waals surface area contributed by atoms with E-state index in [1.54, 1.807) is 19.1 Å². The van der Waals surface area contributed by atoms with Gasteiger partial charge in [0.1, 0.15) is 11.6 Å². The largest absolute Gasteiger partial charge is 0.320 e. The van der Waals surface area contributed by atoms with Gasteiger partial charge in [-0.05, 0) is 49.2 Å². The molecule has 19 heavy (non-hydrogen) atoms. The lowest BCUT2D eigenvalue weighted by Gasteiger charge is -2.17. The molecular weight excluding hydrogens is 312 g/mol. The second-order valence-electron chi connectivity index (χ2n) is 4.62. The first-order valence-electron chi connectivity index (χ1n) is 5.87. The first-order chi connectivity index (χ1) is 8.90. The van der Waals surface area contributed by atoms with E-state index in [-0.39, 0.29) is 5.56 Å². The first-order valence-corrected chi connectivity index (χ1v) is 6.66. The van der Waals surface area contributed by atoms with Gasteiger partial charge in [0.15, 0.2) is 0 Å². The molecule has 0 radical (unpaired) electrons. The van der Waals surface area contributed by atoms with E-state index < -0.39 is 17.7 Å². The Bertz CT molecular complexity index is 603. The van der Waals surface area contributed by atoms with Gasteiger partial charge in [-0.3, -0.25) is 0 Å². The molecule has 0 spiro atoms. The average molecular weight is 326 g/mol. The maximum absolute atomic E-state index is 14.1. The SMILES string of the molecule is Cc1cc(C)c(C(N)c2cc(Br)ccc2F)c(F)c1. The zero-order valence-electron chi connectivity index (χ0n) is 10.7. The molecule has 2 aromatic carbocycles. The summed E-state index contributed by atoms with van der Waals surface area (Å²) in [5.74, 6) is -0.834. The number of rotatable bonds is 2. The van der Waals surface area contributed by atoms with Crippen molar-refractivity contribution in [1.29, 1.82) is 0 Å². The van der Waals surface area contributed by atoms with Gasteiger partial charge >= 0.3 is 0 Å². The van der Waals surface area contributed by atoms with Gasteiger partial charge in [0.05, 0.1) is 6.04 Å². The van der Waals surface area contributed by atoms with Gasteiger partial charge in [-0.25, -0.2) is 8.78 Å². The number of halogens is 3. The van der Waals surface area contributed by atoms with Gasteiger partial charge in [0.25, 0.3) is 0 Å². The van der Waals surface area contributed by atoms with Crippen molar-refractivity contribution in [1.82, 2.24) is 0 Å². The molecule has 1 atom stereocenters. The van der Waals surface area contributed by atoms with Crippen LogP contribution in [0, 0.1) is 25.5 Å². The van der Waals surface area contributed by atoms with Crippen LogP contribution in [-0.4, -0.2) is 0 Å². The molecule has 4 heteroatoms. The third-order valence-electron chi connectivity index (χ3n) is 3.08. The van der Waals surface area contributed by atoms with E-state index in [1.165, 1.54) is 12.1 Å². The number of aryl methyl sites for hydroxylation is 2. The standard InChI is InChI=1S/C15H14BrF2N/c1-8-5-9(2)14(13(18)6-8)15(19)11-7-10(16)3-4-12(11)17/h3-7,15H,19H2,1-2H3. The van der Waals surface area contributed by atoms with Crippen molar-refractivity contribution >= 4 is 15.9 Å². The summed E-state index contributed by atoms with van der Waals surface area (Å²) in [5, 5.41) is 0. The average Bonchev–Trinajstić information content (AvgIpc) is 2.30. The van der Waals surface area contributed by atoms with Crippen molar-refractivity contribution in [3.63, 3.8) is 0 Å². The Balaban J connectivity index is 2.56.